The maximum Gasteiger partial charge on any atom is 0.328 e. The Labute approximate surface area is 110 Å². The second kappa shape index (κ2) is 6.93. The van der Waals surface area contributed by atoms with Crippen LogP contribution in [0.15, 0.2) is 0 Å². The third kappa shape index (κ3) is 6.05. The van der Waals surface area contributed by atoms with E-state index in [0.29, 0.717) is 0 Å². The fraction of sp³-hybridized carbons (Fsp3) is 0.727. The van der Waals surface area contributed by atoms with Crippen LogP contribution in [-0.4, -0.2) is 52.9 Å². The van der Waals surface area contributed by atoms with Crippen LogP contribution in [0.2, 0.25) is 0 Å². The van der Waals surface area contributed by atoms with Gasteiger partial charge in [0.2, 0.25) is 5.91 Å². The number of carboxylic acids is 1. The Morgan fingerprint density at radius 1 is 1.32 bits per heavy atom. The van der Waals surface area contributed by atoms with Gasteiger partial charge in [-0.15, -0.1) is 0 Å². The number of carbonyl (C=O) groups is 3. The molecule has 108 valence electrons. The number of aliphatic hydroxyl groups is 1. The molecule has 0 aromatic heterocycles. The number of amides is 3. The van der Waals surface area contributed by atoms with Gasteiger partial charge in [-0.2, -0.15) is 0 Å². The summed E-state index contributed by atoms with van der Waals surface area (Å²) in [6, 6.07) is -1.83. The van der Waals surface area contributed by atoms with Gasteiger partial charge in [0.25, 0.3) is 0 Å². The summed E-state index contributed by atoms with van der Waals surface area (Å²) in [6.45, 7) is 1.37. The SMILES string of the molecule is CC(O)C(NC(=O)NCCC(=O)NC1CC1)C(=O)O. The van der Waals surface area contributed by atoms with Gasteiger partial charge in [0.05, 0.1) is 6.10 Å². The number of hydrogen-bond donors (Lipinski definition) is 5. The van der Waals surface area contributed by atoms with E-state index >= 15 is 0 Å². The molecular formula is C11H19N3O5. The molecule has 3 amide bonds. The van der Waals surface area contributed by atoms with Gasteiger partial charge in [-0.3, -0.25) is 4.79 Å². The molecule has 0 aromatic rings. The van der Waals surface area contributed by atoms with Crippen molar-refractivity contribution in [3.63, 3.8) is 0 Å². The smallest absolute Gasteiger partial charge is 0.328 e. The highest BCUT2D eigenvalue weighted by Crippen LogP contribution is 2.18. The Hall–Kier alpha value is -1.83. The van der Waals surface area contributed by atoms with E-state index < -0.39 is 24.1 Å². The van der Waals surface area contributed by atoms with Crippen LogP contribution in [0.1, 0.15) is 26.2 Å². The van der Waals surface area contributed by atoms with Crippen LogP contribution in [0.3, 0.4) is 0 Å². The van der Waals surface area contributed by atoms with Gasteiger partial charge in [-0.1, -0.05) is 0 Å². The lowest BCUT2D eigenvalue weighted by molar-refractivity contribution is -0.141. The predicted octanol–water partition coefficient (Wildman–Crippen LogP) is -1.21. The van der Waals surface area contributed by atoms with Crippen molar-refractivity contribution >= 4 is 17.9 Å². The quantitative estimate of drug-likeness (QED) is 0.397. The molecule has 1 fully saturated rings. The molecule has 0 heterocycles. The van der Waals surface area contributed by atoms with Crippen molar-refractivity contribution in [2.45, 2.75) is 44.4 Å². The largest absolute Gasteiger partial charge is 0.480 e. The third-order valence-electron chi connectivity index (χ3n) is 2.62. The molecule has 0 radical (unpaired) electrons. The van der Waals surface area contributed by atoms with Gasteiger partial charge >= 0.3 is 12.0 Å². The van der Waals surface area contributed by atoms with Crippen molar-refractivity contribution in [3.8, 4) is 0 Å². The van der Waals surface area contributed by atoms with E-state index in [2.05, 4.69) is 16.0 Å². The molecule has 1 saturated carbocycles. The highest BCUT2D eigenvalue weighted by atomic mass is 16.4. The van der Waals surface area contributed by atoms with Gasteiger partial charge in [0.1, 0.15) is 0 Å². The average Bonchev–Trinajstić information content (AvgIpc) is 3.08. The molecule has 1 aliphatic rings. The fourth-order valence-corrected chi connectivity index (χ4v) is 1.40. The molecule has 8 nitrogen and oxygen atoms in total. The minimum atomic E-state index is -1.37. The number of nitrogens with one attached hydrogen (secondary N) is 3. The van der Waals surface area contributed by atoms with Gasteiger partial charge < -0.3 is 26.2 Å². The van der Waals surface area contributed by atoms with Crippen LogP contribution in [-0.2, 0) is 9.59 Å². The number of hydrogen-bond acceptors (Lipinski definition) is 4. The van der Waals surface area contributed by atoms with E-state index in [9.17, 15) is 14.4 Å². The van der Waals surface area contributed by atoms with Crippen LogP contribution in [0.4, 0.5) is 4.79 Å². The minimum absolute atomic E-state index is 0.108. The summed E-state index contributed by atoms with van der Waals surface area (Å²) in [5.74, 6) is -1.47. The Morgan fingerprint density at radius 2 is 1.95 bits per heavy atom. The van der Waals surface area contributed by atoms with E-state index in [0.717, 1.165) is 12.8 Å². The molecule has 1 rings (SSSR count). The Morgan fingerprint density at radius 3 is 2.42 bits per heavy atom. The summed E-state index contributed by atoms with van der Waals surface area (Å²) in [4.78, 5) is 33.4. The number of aliphatic hydroxyl groups excluding tert-OH is 1. The van der Waals surface area contributed by atoms with Crippen molar-refractivity contribution < 1.29 is 24.6 Å². The molecule has 2 atom stereocenters. The number of carbonyl (C=O) groups excluding carboxylic acids is 2. The highest BCUT2D eigenvalue weighted by molar-refractivity contribution is 5.83. The second-order valence-electron chi connectivity index (χ2n) is 4.55. The van der Waals surface area contributed by atoms with Crippen LogP contribution in [0.5, 0.6) is 0 Å². The fourth-order valence-electron chi connectivity index (χ4n) is 1.40. The summed E-state index contributed by atoms with van der Waals surface area (Å²) in [5, 5.41) is 25.1. The lowest BCUT2D eigenvalue weighted by atomic mass is 10.2. The monoisotopic (exact) mass is 273 g/mol. The van der Waals surface area contributed by atoms with Crippen LogP contribution < -0.4 is 16.0 Å². The van der Waals surface area contributed by atoms with Gasteiger partial charge in [-0.25, -0.2) is 9.59 Å². The van der Waals surface area contributed by atoms with Crippen molar-refractivity contribution in [1.82, 2.24) is 16.0 Å². The third-order valence-corrected chi connectivity index (χ3v) is 2.62. The van der Waals surface area contributed by atoms with E-state index in [1.807, 2.05) is 0 Å². The molecule has 0 aliphatic heterocycles. The normalized spacial score (nSPS) is 17.2. The molecule has 0 spiro atoms. The van der Waals surface area contributed by atoms with Gasteiger partial charge in [0, 0.05) is 19.0 Å². The lowest BCUT2D eigenvalue weighted by Crippen LogP contribution is -2.51. The van der Waals surface area contributed by atoms with Crippen molar-refractivity contribution in [2.75, 3.05) is 6.54 Å². The Balaban J connectivity index is 2.18. The molecule has 0 saturated heterocycles. The summed E-state index contributed by atoms with van der Waals surface area (Å²) in [6.07, 6.45) is 0.917. The maximum atomic E-state index is 11.4. The Bertz CT molecular complexity index is 354. The number of urea groups is 1. The molecule has 19 heavy (non-hydrogen) atoms. The summed E-state index contributed by atoms with van der Waals surface area (Å²) in [7, 11) is 0. The Kier molecular flexibility index (Phi) is 5.56. The van der Waals surface area contributed by atoms with Gasteiger partial charge in [0.15, 0.2) is 6.04 Å². The van der Waals surface area contributed by atoms with Crippen LogP contribution in [0, 0.1) is 0 Å². The van der Waals surface area contributed by atoms with Crippen molar-refractivity contribution in [1.29, 1.82) is 0 Å². The zero-order valence-corrected chi connectivity index (χ0v) is 10.7. The molecule has 8 heteroatoms. The zero-order chi connectivity index (χ0) is 14.4. The van der Waals surface area contributed by atoms with Crippen LogP contribution in [0.25, 0.3) is 0 Å². The minimum Gasteiger partial charge on any atom is -0.480 e. The lowest BCUT2D eigenvalue weighted by Gasteiger charge is -2.17. The van der Waals surface area contributed by atoms with Gasteiger partial charge in [-0.05, 0) is 19.8 Å². The molecule has 5 N–H and O–H groups in total. The zero-order valence-electron chi connectivity index (χ0n) is 10.7. The molecule has 0 bridgehead atoms. The molecule has 1 aliphatic carbocycles. The van der Waals surface area contributed by atoms with Crippen molar-refractivity contribution in [3.05, 3.63) is 0 Å². The first-order valence-corrected chi connectivity index (χ1v) is 6.14. The first-order chi connectivity index (χ1) is 8.90. The highest BCUT2D eigenvalue weighted by Gasteiger charge is 2.25. The standard InChI is InChI=1S/C11H19N3O5/c1-6(15)9(10(17)18)14-11(19)12-5-4-8(16)13-7-2-3-7/h6-7,9,15H,2-5H2,1H3,(H,13,16)(H,17,18)(H2,12,14,19). The van der Waals surface area contributed by atoms with E-state index in [1.165, 1.54) is 6.92 Å². The number of aliphatic carboxylic acids is 1. The molecular weight excluding hydrogens is 254 g/mol. The summed E-state index contributed by atoms with van der Waals surface area (Å²) >= 11 is 0. The summed E-state index contributed by atoms with van der Waals surface area (Å²) in [5.41, 5.74) is 0. The first-order valence-electron chi connectivity index (χ1n) is 6.14. The van der Waals surface area contributed by atoms with Crippen molar-refractivity contribution in [2.24, 2.45) is 0 Å². The number of rotatable bonds is 7. The van der Waals surface area contributed by atoms with E-state index in [1.54, 1.807) is 0 Å². The summed E-state index contributed by atoms with van der Waals surface area (Å²) < 4.78 is 0. The van der Waals surface area contributed by atoms with E-state index in [-0.39, 0.29) is 24.9 Å². The second-order valence-corrected chi connectivity index (χ2v) is 4.55. The maximum absolute atomic E-state index is 11.4. The number of carboxylic acid groups (broad SMARTS) is 1. The van der Waals surface area contributed by atoms with Crippen LogP contribution >= 0.6 is 0 Å². The first kappa shape index (κ1) is 15.2. The van der Waals surface area contributed by atoms with E-state index in [4.69, 9.17) is 10.2 Å². The predicted molar refractivity (Wildman–Crippen MR) is 65.4 cm³/mol. The average molecular weight is 273 g/mol. The molecule has 2 unspecified atom stereocenters. The topological polar surface area (TPSA) is 128 Å². The molecule has 0 aromatic carbocycles.